The predicted octanol–water partition coefficient (Wildman–Crippen LogP) is 2.76. The third-order valence-corrected chi connectivity index (χ3v) is 4.69. The Kier molecular flexibility index (Phi) is 5.53. The van der Waals surface area contributed by atoms with E-state index < -0.39 is 6.09 Å². The summed E-state index contributed by atoms with van der Waals surface area (Å²) in [6.07, 6.45) is -1.09. The van der Waals surface area contributed by atoms with E-state index in [4.69, 9.17) is 0 Å². The predicted molar refractivity (Wildman–Crippen MR) is 100 cm³/mol. The fourth-order valence-electron chi connectivity index (χ4n) is 3.17. The molecule has 0 atom stereocenters. The van der Waals surface area contributed by atoms with Gasteiger partial charge in [-0.1, -0.05) is 42.5 Å². The van der Waals surface area contributed by atoms with Gasteiger partial charge in [-0.25, -0.2) is 4.79 Å². The van der Waals surface area contributed by atoms with Gasteiger partial charge in [-0.3, -0.25) is 14.6 Å². The molecule has 0 bridgehead atoms. The molecule has 1 aliphatic heterocycles. The molecule has 1 fully saturated rings. The molecule has 6 heteroatoms. The molecular formula is C20H23N3O3. The quantitative estimate of drug-likeness (QED) is 0.918. The number of nitrogens with zero attached hydrogens (tertiary/aromatic N) is 3. The van der Waals surface area contributed by atoms with Crippen LogP contribution in [0, 0.1) is 0 Å². The number of rotatable bonds is 4. The van der Waals surface area contributed by atoms with E-state index in [9.17, 15) is 14.7 Å². The summed E-state index contributed by atoms with van der Waals surface area (Å²) < 4.78 is 0. The summed E-state index contributed by atoms with van der Waals surface area (Å²) in [6.45, 7) is 3.75. The van der Waals surface area contributed by atoms with Crippen LogP contribution in [0.2, 0.25) is 0 Å². The van der Waals surface area contributed by atoms with Crippen molar-refractivity contribution in [1.82, 2.24) is 9.80 Å². The largest absolute Gasteiger partial charge is 0.465 e. The van der Waals surface area contributed by atoms with Crippen LogP contribution in [0.15, 0.2) is 54.6 Å². The van der Waals surface area contributed by atoms with E-state index >= 15 is 0 Å². The van der Waals surface area contributed by atoms with Crippen molar-refractivity contribution in [2.24, 2.45) is 0 Å². The van der Waals surface area contributed by atoms with Gasteiger partial charge in [-0.15, -0.1) is 0 Å². The second kappa shape index (κ2) is 8.01. The second-order valence-corrected chi connectivity index (χ2v) is 6.41. The Balaban J connectivity index is 1.65. The molecule has 6 nitrogen and oxygen atoms in total. The van der Waals surface area contributed by atoms with Crippen molar-refractivity contribution in [2.75, 3.05) is 38.1 Å². The fraction of sp³-hybridized carbons (Fsp3) is 0.300. The lowest BCUT2D eigenvalue weighted by molar-refractivity contribution is 0.0629. The van der Waals surface area contributed by atoms with E-state index in [1.54, 1.807) is 29.2 Å². The number of amides is 2. The minimum absolute atomic E-state index is 0.118. The Labute approximate surface area is 153 Å². The summed E-state index contributed by atoms with van der Waals surface area (Å²) in [7, 11) is 1.45. The summed E-state index contributed by atoms with van der Waals surface area (Å²) in [6, 6.07) is 17.1. The number of hydrogen-bond donors (Lipinski definition) is 1. The van der Waals surface area contributed by atoms with E-state index in [0.717, 1.165) is 24.5 Å². The molecule has 26 heavy (non-hydrogen) atoms. The van der Waals surface area contributed by atoms with E-state index in [0.29, 0.717) is 24.3 Å². The first-order chi connectivity index (χ1) is 12.6. The molecule has 0 radical (unpaired) electrons. The Bertz CT molecular complexity index is 771. The van der Waals surface area contributed by atoms with Crippen molar-refractivity contribution >= 4 is 17.7 Å². The first kappa shape index (κ1) is 17.9. The molecule has 2 aromatic rings. The highest BCUT2D eigenvalue weighted by atomic mass is 16.4. The Hall–Kier alpha value is -2.86. The topological polar surface area (TPSA) is 64.1 Å². The van der Waals surface area contributed by atoms with Crippen molar-refractivity contribution in [3.05, 3.63) is 65.7 Å². The van der Waals surface area contributed by atoms with Crippen molar-refractivity contribution in [1.29, 1.82) is 0 Å². The number of carbonyl (C=O) groups excluding carboxylic acids is 1. The van der Waals surface area contributed by atoms with Crippen LogP contribution in [0.5, 0.6) is 0 Å². The van der Waals surface area contributed by atoms with Gasteiger partial charge in [0.15, 0.2) is 0 Å². The molecule has 2 aromatic carbocycles. The van der Waals surface area contributed by atoms with Gasteiger partial charge in [-0.2, -0.15) is 0 Å². The summed E-state index contributed by atoms with van der Waals surface area (Å²) >= 11 is 0. The smallest absolute Gasteiger partial charge is 0.411 e. The molecule has 1 aliphatic rings. The van der Waals surface area contributed by atoms with E-state index in [1.165, 1.54) is 12.6 Å². The summed E-state index contributed by atoms with van der Waals surface area (Å²) in [5.41, 5.74) is 2.10. The lowest BCUT2D eigenvalue weighted by atomic mass is 10.1. The SMILES string of the molecule is CN(C(=O)O)c1ccccc1C(=O)N1CCN(Cc2ccccc2)CC1. The number of anilines is 1. The maximum atomic E-state index is 12.9. The van der Waals surface area contributed by atoms with Gasteiger partial charge in [0, 0.05) is 39.8 Å². The van der Waals surface area contributed by atoms with Crippen molar-refractivity contribution in [3.63, 3.8) is 0 Å². The number of benzene rings is 2. The molecule has 1 heterocycles. The average molecular weight is 353 g/mol. The van der Waals surface area contributed by atoms with Crippen LogP contribution in [0.3, 0.4) is 0 Å². The molecule has 0 aromatic heterocycles. The van der Waals surface area contributed by atoms with Crippen LogP contribution in [-0.4, -0.2) is 60.1 Å². The number of carboxylic acid groups (broad SMARTS) is 1. The molecule has 136 valence electrons. The highest BCUT2D eigenvalue weighted by Gasteiger charge is 2.25. The number of hydrogen-bond acceptors (Lipinski definition) is 3. The van der Waals surface area contributed by atoms with Gasteiger partial charge in [0.2, 0.25) is 0 Å². The van der Waals surface area contributed by atoms with E-state index in [1.807, 2.05) is 18.2 Å². The molecule has 1 N–H and O–H groups in total. The summed E-state index contributed by atoms with van der Waals surface area (Å²) in [4.78, 5) is 29.4. The third-order valence-electron chi connectivity index (χ3n) is 4.69. The minimum atomic E-state index is -1.09. The lowest BCUT2D eigenvalue weighted by Gasteiger charge is -2.35. The van der Waals surface area contributed by atoms with Gasteiger partial charge < -0.3 is 10.0 Å². The molecule has 2 amide bonds. The molecule has 0 aliphatic carbocycles. The molecule has 0 spiro atoms. The minimum Gasteiger partial charge on any atom is -0.465 e. The molecule has 3 rings (SSSR count). The fourth-order valence-corrected chi connectivity index (χ4v) is 3.17. The molecule has 0 saturated carbocycles. The number of carbonyl (C=O) groups is 2. The van der Waals surface area contributed by atoms with Crippen LogP contribution < -0.4 is 4.90 Å². The van der Waals surface area contributed by atoms with E-state index in [2.05, 4.69) is 17.0 Å². The molecular weight excluding hydrogens is 330 g/mol. The zero-order chi connectivity index (χ0) is 18.5. The van der Waals surface area contributed by atoms with Gasteiger partial charge >= 0.3 is 6.09 Å². The lowest BCUT2D eigenvalue weighted by Crippen LogP contribution is -2.48. The standard InChI is InChI=1S/C20H23N3O3/c1-21(20(25)26)18-10-6-5-9-17(18)19(24)23-13-11-22(12-14-23)15-16-7-3-2-4-8-16/h2-10H,11-15H2,1H3,(H,25,26). The summed E-state index contributed by atoms with van der Waals surface area (Å²) in [5, 5.41) is 9.22. The highest BCUT2D eigenvalue weighted by molar-refractivity contribution is 6.03. The monoisotopic (exact) mass is 353 g/mol. The Morgan fingerprint density at radius 2 is 1.58 bits per heavy atom. The zero-order valence-electron chi connectivity index (χ0n) is 14.8. The maximum Gasteiger partial charge on any atom is 0.411 e. The van der Waals surface area contributed by atoms with Crippen LogP contribution in [0.1, 0.15) is 15.9 Å². The highest BCUT2D eigenvalue weighted by Crippen LogP contribution is 2.22. The maximum absolute atomic E-state index is 12.9. The van der Waals surface area contributed by atoms with Crippen LogP contribution in [-0.2, 0) is 6.54 Å². The van der Waals surface area contributed by atoms with Crippen molar-refractivity contribution in [3.8, 4) is 0 Å². The van der Waals surface area contributed by atoms with Crippen LogP contribution in [0.25, 0.3) is 0 Å². The van der Waals surface area contributed by atoms with Crippen molar-refractivity contribution in [2.45, 2.75) is 6.54 Å². The number of piperazine rings is 1. The van der Waals surface area contributed by atoms with Crippen LogP contribution in [0.4, 0.5) is 10.5 Å². The van der Waals surface area contributed by atoms with Gasteiger partial charge in [0.1, 0.15) is 0 Å². The summed E-state index contributed by atoms with van der Waals surface area (Å²) in [5.74, 6) is -0.118. The zero-order valence-corrected chi connectivity index (χ0v) is 14.8. The van der Waals surface area contributed by atoms with Gasteiger partial charge in [0.05, 0.1) is 11.3 Å². The first-order valence-electron chi connectivity index (χ1n) is 8.67. The Morgan fingerprint density at radius 1 is 0.962 bits per heavy atom. The van der Waals surface area contributed by atoms with Crippen molar-refractivity contribution < 1.29 is 14.7 Å². The average Bonchev–Trinajstić information content (AvgIpc) is 2.68. The van der Waals surface area contributed by atoms with Gasteiger partial charge in [0.25, 0.3) is 5.91 Å². The molecule has 1 saturated heterocycles. The Morgan fingerprint density at radius 3 is 2.23 bits per heavy atom. The third kappa shape index (κ3) is 4.03. The van der Waals surface area contributed by atoms with Gasteiger partial charge in [-0.05, 0) is 17.7 Å². The molecule has 0 unspecified atom stereocenters. The van der Waals surface area contributed by atoms with Crippen LogP contribution >= 0.6 is 0 Å². The normalized spacial score (nSPS) is 14.9. The first-order valence-corrected chi connectivity index (χ1v) is 8.67. The van der Waals surface area contributed by atoms with E-state index in [-0.39, 0.29) is 5.91 Å². The number of para-hydroxylation sites is 1. The second-order valence-electron chi connectivity index (χ2n) is 6.41.